The summed E-state index contributed by atoms with van der Waals surface area (Å²) < 4.78 is 5.71. The van der Waals surface area contributed by atoms with Crippen molar-refractivity contribution in [2.24, 2.45) is 0 Å². The number of hydrogen-bond acceptors (Lipinski definition) is 6. The van der Waals surface area contributed by atoms with Crippen molar-refractivity contribution >= 4 is 17.8 Å². The largest absolute Gasteiger partial charge is 0.406 e. The molecule has 2 rings (SSSR count). The fraction of sp³-hybridized carbons (Fsp3) is 0.818. The monoisotopic (exact) mass is 256 g/mol. The number of anilines is 1. The van der Waals surface area contributed by atoms with E-state index in [4.69, 9.17) is 4.42 Å². The van der Waals surface area contributed by atoms with Gasteiger partial charge in [0, 0.05) is 24.6 Å². The molecule has 5 nitrogen and oxygen atoms in total. The highest BCUT2D eigenvalue weighted by Crippen LogP contribution is 2.20. The minimum Gasteiger partial charge on any atom is -0.406 e. The molecule has 0 saturated carbocycles. The van der Waals surface area contributed by atoms with Gasteiger partial charge in [0.1, 0.15) is 0 Å². The molecule has 2 heterocycles. The zero-order valence-corrected chi connectivity index (χ0v) is 11.3. The van der Waals surface area contributed by atoms with Crippen LogP contribution in [0.1, 0.15) is 32.2 Å². The van der Waals surface area contributed by atoms with Gasteiger partial charge in [-0.15, -0.1) is 5.10 Å². The molecule has 17 heavy (non-hydrogen) atoms. The van der Waals surface area contributed by atoms with Crippen LogP contribution >= 0.6 is 11.8 Å². The van der Waals surface area contributed by atoms with Gasteiger partial charge in [0.2, 0.25) is 5.89 Å². The van der Waals surface area contributed by atoms with Gasteiger partial charge >= 0.3 is 6.01 Å². The summed E-state index contributed by atoms with van der Waals surface area (Å²) in [5.74, 6) is 2.97. The molecule has 1 fully saturated rings. The van der Waals surface area contributed by atoms with Crippen molar-refractivity contribution < 1.29 is 4.42 Å². The molecule has 1 aliphatic heterocycles. The molecule has 1 aromatic rings. The van der Waals surface area contributed by atoms with Crippen LogP contribution in [0.2, 0.25) is 0 Å². The van der Waals surface area contributed by atoms with Crippen molar-refractivity contribution in [1.29, 1.82) is 0 Å². The lowest BCUT2D eigenvalue weighted by Crippen LogP contribution is -2.32. The van der Waals surface area contributed by atoms with Crippen LogP contribution in [0.5, 0.6) is 0 Å². The number of nitrogens with zero attached hydrogens (tertiary/aromatic N) is 3. The second-order valence-electron chi connectivity index (χ2n) is 4.20. The van der Waals surface area contributed by atoms with E-state index in [0.29, 0.717) is 11.9 Å². The summed E-state index contributed by atoms with van der Waals surface area (Å²) in [6.07, 6.45) is 1.11. The molecule has 1 N–H and O–H groups in total. The first kappa shape index (κ1) is 12.7. The molecule has 96 valence electrons. The van der Waals surface area contributed by atoms with E-state index in [9.17, 15) is 0 Å². The molecule has 0 bridgehead atoms. The second kappa shape index (κ2) is 6.26. The summed E-state index contributed by atoms with van der Waals surface area (Å²) in [6, 6.07) is 0.806. The average molecular weight is 256 g/mol. The maximum Gasteiger partial charge on any atom is 0.318 e. The first-order valence-corrected chi connectivity index (χ1v) is 7.36. The molecule has 1 aromatic heterocycles. The Kier molecular flexibility index (Phi) is 4.67. The zero-order valence-electron chi connectivity index (χ0n) is 10.5. The van der Waals surface area contributed by atoms with Crippen molar-refractivity contribution in [2.75, 3.05) is 36.0 Å². The van der Waals surface area contributed by atoms with E-state index in [1.54, 1.807) is 0 Å². The third-order valence-corrected chi connectivity index (χ3v) is 3.73. The summed E-state index contributed by atoms with van der Waals surface area (Å²) >= 11 is 1.97. The highest BCUT2D eigenvalue weighted by Gasteiger charge is 2.19. The van der Waals surface area contributed by atoms with Gasteiger partial charge in [-0.1, -0.05) is 12.0 Å². The van der Waals surface area contributed by atoms with Crippen molar-refractivity contribution in [3.8, 4) is 0 Å². The quantitative estimate of drug-likeness (QED) is 0.865. The maximum absolute atomic E-state index is 5.71. The van der Waals surface area contributed by atoms with Gasteiger partial charge in [-0.25, -0.2) is 0 Å². The van der Waals surface area contributed by atoms with E-state index in [0.717, 1.165) is 37.6 Å². The van der Waals surface area contributed by atoms with Crippen LogP contribution in [0.3, 0.4) is 0 Å². The Hall–Kier alpha value is -0.750. The molecule has 0 radical (unpaired) electrons. The predicted molar refractivity (Wildman–Crippen MR) is 70.5 cm³/mol. The first-order valence-electron chi connectivity index (χ1n) is 6.20. The average Bonchev–Trinajstić information content (AvgIpc) is 2.86. The van der Waals surface area contributed by atoms with E-state index in [2.05, 4.69) is 34.3 Å². The minimum atomic E-state index is 0.135. The molecule has 1 saturated heterocycles. The topological polar surface area (TPSA) is 54.2 Å². The van der Waals surface area contributed by atoms with Gasteiger partial charge in [-0.3, -0.25) is 0 Å². The molecular formula is C11H20N4OS. The third kappa shape index (κ3) is 3.35. The number of rotatable bonds is 5. The molecule has 0 amide bonds. The van der Waals surface area contributed by atoms with E-state index < -0.39 is 0 Å². The summed E-state index contributed by atoms with van der Waals surface area (Å²) in [6.45, 7) is 7.18. The highest BCUT2D eigenvalue weighted by molar-refractivity contribution is 7.99. The summed E-state index contributed by atoms with van der Waals surface area (Å²) in [5, 5.41) is 11.6. The lowest BCUT2D eigenvalue weighted by molar-refractivity contribution is 0.415. The third-order valence-electron chi connectivity index (χ3n) is 2.78. The number of hydrogen-bond donors (Lipinski definition) is 1. The number of nitrogens with one attached hydrogen (secondary N) is 1. The number of thioether (sulfide) groups is 1. The molecular weight excluding hydrogens is 236 g/mol. The standard InChI is InChI=1S/C11H20N4OS/c1-3-4-12-9(2)10-13-14-11(16-10)15-5-7-17-8-6-15/h9,12H,3-8H2,1-2H3. The zero-order chi connectivity index (χ0) is 12.1. The minimum absolute atomic E-state index is 0.135. The molecule has 0 aliphatic carbocycles. The lowest BCUT2D eigenvalue weighted by atomic mass is 10.3. The van der Waals surface area contributed by atoms with Gasteiger partial charge < -0.3 is 14.6 Å². The van der Waals surface area contributed by atoms with Crippen LogP contribution in [0.4, 0.5) is 6.01 Å². The highest BCUT2D eigenvalue weighted by atomic mass is 32.2. The number of aromatic nitrogens is 2. The van der Waals surface area contributed by atoms with Crippen molar-refractivity contribution in [3.05, 3.63) is 5.89 Å². The van der Waals surface area contributed by atoms with E-state index in [-0.39, 0.29) is 6.04 Å². The Morgan fingerprint density at radius 3 is 2.88 bits per heavy atom. The van der Waals surface area contributed by atoms with Crippen LogP contribution in [0, 0.1) is 0 Å². The Morgan fingerprint density at radius 1 is 1.41 bits per heavy atom. The maximum atomic E-state index is 5.71. The van der Waals surface area contributed by atoms with Crippen LogP contribution in [-0.4, -0.2) is 41.3 Å². The van der Waals surface area contributed by atoms with Gasteiger partial charge in [0.15, 0.2) is 0 Å². The van der Waals surface area contributed by atoms with Crippen LogP contribution in [0.25, 0.3) is 0 Å². The Morgan fingerprint density at radius 2 is 2.18 bits per heavy atom. The second-order valence-corrected chi connectivity index (χ2v) is 5.42. The fourth-order valence-electron chi connectivity index (χ4n) is 1.73. The Balaban J connectivity index is 1.94. The van der Waals surface area contributed by atoms with Gasteiger partial charge in [0.05, 0.1) is 6.04 Å². The molecule has 0 spiro atoms. The van der Waals surface area contributed by atoms with Crippen LogP contribution < -0.4 is 10.2 Å². The fourth-order valence-corrected chi connectivity index (χ4v) is 2.64. The van der Waals surface area contributed by atoms with Crippen molar-refractivity contribution in [1.82, 2.24) is 15.5 Å². The van der Waals surface area contributed by atoms with Crippen LogP contribution in [-0.2, 0) is 0 Å². The van der Waals surface area contributed by atoms with Crippen LogP contribution in [0.15, 0.2) is 4.42 Å². The smallest absolute Gasteiger partial charge is 0.318 e. The summed E-state index contributed by atoms with van der Waals surface area (Å²) in [5.41, 5.74) is 0. The van der Waals surface area contributed by atoms with E-state index in [1.807, 2.05) is 11.8 Å². The molecule has 1 atom stereocenters. The van der Waals surface area contributed by atoms with Gasteiger partial charge in [0.25, 0.3) is 0 Å². The van der Waals surface area contributed by atoms with E-state index >= 15 is 0 Å². The first-order chi connectivity index (χ1) is 8.31. The van der Waals surface area contributed by atoms with Gasteiger partial charge in [-0.2, -0.15) is 11.8 Å². The predicted octanol–water partition coefficient (Wildman–Crippen LogP) is 1.68. The summed E-state index contributed by atoms with van der Waals surface area (Å²) in [4.78, 5) is 2.17. The SMILES string of the molecule is CCCNC(C)c1nnc(N2CCSCC2)o1. The normalized spacial score (nSPS) is 18.4. The Labute approximate surface area is 106 Å². The summed E-state index contributed by atoms with van der Waals surface area (Å²) in [7, 11) is 0. The molecule has 0 aromatic carbocycles. The molecule has 1 unspecified atom stereocenters. The van der Waals surface area contributed by atoms with Gasteiger partial charge in [-0.05, 0) is 19.9 Å². The van der Waals surface area contributed by atoms with E-state index in [1.165, 1.54) is 0 Å². The molecule has 1 aliphatic rings. The van der Waals surface area contributed by atoms with Crippen molar-refractivity contribution in [3.63, 3.8) is 0 Å². The lowest BCUT2D eigenvalue weighted by Gasteiger charge is -2.23. The van der Waals surface area contributed by atoms with Crippen molar-refractivity contribution in [2.45, 2.75) is 26.3 Å². The molecule has 6 heteroatoms. The Bertz CT molecular complexity index is 338.